The predicted molar refractivity (Wildman–Crippen MR) is 216 cm³/mol. The van der Waals surface area contributed by atoms with E-state index in [1.807, 2.05) is 65.1 Å². The summed E-state index contributed by atoms with van der Waals surface area (Å²) in [6.45, 7) is 10.1. The van der Waals surface area contributed by atoms with Gasteiger partial charge in [-0.25, -0.2) is 13.6 Å². The number of nitrogens with one attached hydrogen (secondary N) is 2. The molecule has 56 heavy (non-hydrogen) atoms. The fraction of sp³-hybridized carbons (Fsp3) is 0.756. The quantitative estimate of drug-likeness (QED) is 0.179. The summed E-state index contributed by atoms with van der Waals surface area (Å²) in [7, 11) is 2.91. The zero-order valence-electron chi connectivity index (χ0n) is 35.0. The Morgan fingerprint density at radius 1 is 1.00 bits per heavy atom. The number of rotatable bonds is 20. The third kappa shape index (κ3) is 11.1. The number of fused-ring (bicyclic) bond motifs is 2. The molecule has 3 fully saturated rings. The molecule has 4 N–H and O–H groups in total. The van der Waals surface area contributed by atoms with Crippen molar-refractivity contribution < 1.29 is 37.1 Å². The van der Waals surface area contributed by atoms with Crippen molar-refractivity contribution in [2.75, 3.05) is 40.6 Å². The van der Waals surface area contributed by atoms with Gasteiger partial charge >= 0.3 is 0 Å². The zero-order chi connectivity index (χ0) is 41.5. The molecule has 2 saturated heterocycles. The number of hydrogen-bond acceptors (Lipinski definition) is 9. The molecular weight excluding hydrogens is 737 g/mol. The molecule has 4 amide bonds. The van der Waals surface area contributed by atoms with E-state index in [4.69, 9.17) is 14.6 Å². The van der Waals surface area contributed by atoms with Gasteiger partial charge in [0.15, 0.2) is 0 Å². The SMILES string of the molecule is CC[C@H](C)[C@@H]([C@@H](CC(=O)N1CCC[C@H]1[C@H](OC)[C@@H](C)C(=O)N[C@@H](Cc1ccccc1)CS(N)(=O)=O)OC)N(C)C(=O)[C@@H](NC(=O)[C@@H]1[C@H]2CC[C@H](C2)N1C)C(C)C. The number of hydrogen-bond donors (Lipinski definition) is 3. The Hall–Kier alpha value is -3.11. The minimum atomic E-state index is -3.89. The maximum absolute atomic E-state index is 14.3. The standard InChI is InChI=1S/C41H68N6O8S/c1-10-26(4)36(46(7)41(51)35(25(2)3)44-40(50)37-29-18-19-31(22-29)45(37)6)33(54-8)23-34(48)47-20-14-17-32(47)38(55-9)27(5)39(49)43-30(24-56(42,52)53)21-28-15-12-11-13-16-28/h11-13,15-16,25-27,29-33,35-38H,10,14,17-24H2,1-9H3,(H,43,49)(H,44,50)(H2,42,52,53)/t26-,27+,29-,30-,31+,32-,33+,35-,36-,37-,38+/m0/s1. The summed E-state index contributed by atoms with van der Waals surface area (Å²) in [5.74, 6) is -1.95. The number of nitrogens with two attached hydrogens (primary N) is 1. The zero-order valence-corrected chi connectivity index (χ0v) is 35.8. The van der Waals surface area contributed by atoms with Crippen LogP contribution in [0.1, 0.15) is 85.1 Å². The van der Waals surface area contributed by atoms with Crippen LogP contribution in [0.15, 0.2) is 30.3 Å². The van der Waals surface area contributed by atoms with Crippen molar-refractivity contribution in [1.29, 1.82) is 0 Å². The second-order valence-corrected chi connectivity index (χ2v) is 18.5. The van der Waals surface area contributed by atoms with Crippen molar-refractivity contribution in [2.45, 2.75) is 134 Å². The average Bonchev–Trinajstić information content (AvgIpc) is 3.90. The van der Waals surface area contributed by atoms with Crippen molar-refractivity contribution in [2.24, 2.45) is 28.8 Å². The lowest BCUT2D eigenvalue weighted by molar-refractivity contribution is -0.148. The van der Waals surface area contributed by atoms with Crippen molar-refractivity contribution in [3.8, 4) is 0 Å². The smallest absolute Gasteiger partial charge is 0.245 e. The molecule has 0 aromatic heterocycles. The van der Waals surface area contributed by atoms with Crippen LogP contribution in [0.2, 0.25) is 0 Å². The minimum absolute atomic E-state index is 0.00120. The third-order valence-electron chi connectivity index (χ3n) is 12.8. The summed E-state index contributed by atoms with van der Waals surface area (Å²) in [5, 5.41) is 11.4. The van der Waals surface area contributed by atoms with Crippen molar-refractivity contribution in [1.82, 2.24) is 25.3 Å². The lowest BCUT2D eigenvalue weighted by atomic mass is 9.89. The maximum Gasteiger partial charge on any atom is 0.245 e. The lowest BCUT2D eigenvalue weighted by Crippen LogP contribution is -2.60. The number of ether oxygens (including phenoxy) is 2. The van der Waals surface area contributed by atoms with E-state index in [0.717, 1.165) is 31.2 Å². The molecule has 2 heterocycles. The van der Waals surface area contributed by atoms with Crippen LogP contribution in [-0.4, -0.2) is 136 Å². The second kappa shape index (κ2) is 20.0. The van der Waals surface area contributed by atoms with Crippen LogP contribution in [-0.2, 0) is 45.1 Å². The van der Waals surface area contributed by atoms with E-state index < -0.39 is 64.0 Å². The molecule has 2 bridgehead atoms. The molecule has 0 radical (unpaired) electrons. The van der Waals surface area contributed by atoms with Crippen LogP contribution >= 0.6 is 0 Å². The summed E-state index contributed by atoms with van der Waals surface area (Å²) in [6.07, 6.45) is 4.16. The first-order chi connectivity index (χ1) is 26.4. The molecule has 3 aliphatic rings. The van der Waals surface area contributed by atoms with E-state index in [0.29, 0.717) is 31.3 Å². The van der Waals surface area contributed by atoms with Gasteiger partial charge in [-0.15, -0.1) is 0 Å². The highest BCUT2D eigenvalue weighted by molar-refractivity contribution is 7.89. The molecule has 0 unspecified atom stereocenters. The van der Waals surface area contributed by atoms with Gasteiger partial charge in [-0.05, 0) is 68.9 Å². The number of amides is 4. The molecule has 1 aromatic carbocycles. The van der Waals surface area contributed by atoms with Crippen molar-refractivity contribution in [3.05, 3.63) is 35.9 Å². The monoisotopic (exact) mass is 804 g/mol. The Balaban J connectivity index is 1.47. The van der Waals surface area contributed by atoms with Gasteiger partial charge in [0, 0.05) is 39.9 Å². The second-order valence-electron chi connectivity index (χ2n) is 16.9. The van der Waals surface area contributed by atoms with Gasteiger partial charge in [0.25, 0.3) is 0 Å². The lowest BCUT2D eigenvalue weighted by Gasteiger charge is -2.41. The number of carbonyl (C=O) groups is 4. The molecule has 316 valence electrons. The van der Waals surface area contributed by atoms with E-state index >= 15 is 0 Å². The Morgan fingerprint density at radius 2 is 1.68 bits per heavy atom. The normalized spacial score (nSPS) is 24.9. The molecule has 1 aliphatic carbocycles. The van der Waals surface area contributed by atoms with Gasteiger partial charge in [0.05, 0.1) is 48.4 Å². The first kappa shape index (κ1) is 45.6. The van der Waals surface area contributed by atoms with E-state index in [9.17, 15) is 27.6 Å². The summed E-state index contributed by atoms with van der Waals surface area (Å²) in [5.41, 5.74) is 0.855. The minimum Gasteiger partial charge on any atom is -0.379 e. The van der Waals surface area contributed by atoms with E-state index in [2.05, 4.69) is 15.5 Å². The van der Waals surface area contributed by atoms with Crippen LogP contribution in [0.3, 0.4) is 0 Å². The molecule has 11 atom stereocenters. The topological polar surface area (TPSA) is 181 Å². The van der Waals surface area contributed by atoms with E-state index in [1.54, 1.807) is 30.9 Å². The van der Waals surface area contributed by atoms with Crippen LogP contribution in [0.4, 0.5) is 0 Å². The van der Waals surface area contributed by atoms with Crippen LogP contribution in [0, 0.1) is 23.7 Å². The number of piperidine rings is 1. The highest BCUT2D eigenvalue weighted by atomic mass is 32.2. The number of carbonyl (C=O) groups excluding carboxylic acids is 4. The van der Waals surface area contributed by atoms with Gasteiger partial charge in [-0.1, -0.05) is 71.4 Å². The van der Waals surface area contributed by atoms with Crippen LogP contribution in [0.25, 0.3) is 0 Å². The van der Waals surface area contributed by atoms with Gasteiger partial charge in [-0.3, -0.25) is 24.1 Å². The van der Waals surface area contributed by atoms with Gasteiger partial charge in [0.1, 0.15) is 6.04 Å². The number of nitrogens with zero attached hydrogens (tertiary/aromatic N) is 3. The van der Waals surface area contributed by atoms with Gasteiger partial charge < -0.3 is 29.9 Å². The maximum atomic E-state index is 14.3. The van der Waals surface area contributed by atoms with E-state index in [1.165, 1.54) is 7.11 Å². The van der Waals surface area contributed by atoms with Crippen LogP contribution in [0.5, 0.6) is 0 Å². The third-order valence-corrected chi connectivity index (χ3v) is 13.6. The van der Waals surface area contributed by atoms with E-state index in [-0.39, 0.29) is 48.4 Å². The number of primary sulfonamides is 1. The number of likely N-dealkylation sites (N-methyl/N-ethyl adjacent to an activating group) is 2. The number of benzene rings is 1. The van der Waals surface area contributed by atoms with Crippen LogP contribution < -0.4 is 15.8 Å². The number of methoxy groups -OCH3 is 2. The fourth-order valence-corrected chi connectivity index (χ4v) is 10.3. The molecule has 1 aromatic rings. The Morgan fingerprint density at radius 3 is 2.23 bits per heavy atom. The molecule has 1 saturated carbocycles. The number of sulfonamides is 1. The predicted octanol–water partition coefficient (Wildman–Crippen LogP) is 2.55. The Labute approximate surface area is 335 Å². The summed E-state index contributed by atoms with van der Waals surface area (Å²) in [6, 6.07) is 7.06. The van der Waals surface area contributed by atoms with Crippen molar-refractivity contribution >= 4 is 33.7 Å². The molecule has 15 heteroatoms. The van der Waals surface area contributed by atoms with Gasteiger partial charge in [-0.2, -0.15) is 0 Å². The summed E-state index contributed by atoms with van der Waals surface area (Å²) in [4.78, 5) is 61.5. The summed E-state index contributed by atoms with van der Waals surface area (Å²) < 4.78 is 36.2. The highest BCUT2D eigenvalue weighted by Crippen LogP contribution is 2.41. The van der Waals surface area contributed by atoms with Gasteiger partial charge in [0.2, 0.25) is 33.7 Å². The average molecular weight is 805 g/mol. The molecule has 14 nitrogen and oxygen atoms in total. The highest BCUT2D eigenvalue weighted by Gasteiger charge is 2.49. The Kier molecular flexibility index (Phi) is 16.3. The molecular formula is C41H68N6O8S. The Bertz CT molecular complexity index is 1590. The molecule has 4 rings (SSSR count). The largest absolute Gasteiger partial charge is 0.379 e. The fourth-order valence-electron chi connectivity index (χ4n) is 9.55. The molecule has 0 spiro atoms. The number of likely N-dealkylation sites (tertiary alicyclic amines) is 2. The first-order valence-corrected chi connectivity index (χ1v) is 22.1. The first-order valence-electron chi connectivity index (χ1n) is 20.4. The van der Waals surface area contributed by atoms with Crippen molar-refractivity contribution in [3.63, 3.8) is 0 Å². The summed E-state index contributed by atoms with van der Waals surface area (Å²) >= 11 is 0. The molecule has 2 aliphatic heterocycles.